The van der Waals surface area contributed by atoms with Gasteiger partial charge in [-0.05, 0) is 12.1 Å². The maximum absolute atomic E-state index is 13.3. The number of rotatable bonds is 4. The predicted molar refractivity (Wildman–Crippen MR) is 61.6 cm³/mol. The number of carbonyl (C=O) groups excluding carboxylic acids is 1. The molecule has 0 atom stereocenters. The minimum absolute atomic E-state index is 0.162. The van der Waals surface area contributed by atoms with Crippen LogP contribution in [-0.4, -0.2) is 25.2 Å². The fraction of sp³-hybridized carbons (Fsp3) is 0.300. The molecule has 0 saturated heterocycles. The fourth-order valence-electron chi connectivity index (χ4n) is 1.14. The highest BCUT2D eigenvalue weighted by Crippen LogP contribution is 2.23. The van der Waals surface area contributed by atoms with Crippen molar-refractivity contribution >= 4 is 27.5 Å². The van der Waals surface area contributed by atoms with E-state index in [4.69, 9.17) is 0 Å². The zero-order chi connectivity index (χ0) is 14.6. The number of halogens is 6. The molecule has 19 heavy (non-hydrogen) atoms. The van der Waals surface area contributed by atoms with Gasteiger partial charge < -0.3 is 10.6 Å². The van der Waals surface area contributed by atoms with E-state index in [1.165, 1.54) is 0 Å². The lowest BCUT2D eigenvalue weighted by atomic mass is 10.3. The molecular weight excluding hydrogens is 339 g/mol. The van der Waals surface area contributed by atoms with E-state index >= 15 is 0 Å². The lowest BCUT2D eigenvalue weighted by Gasteiger charge is -2.11. The third-order valence-electron chi connectivity index (χ3n) is 1.92. The number of benzene rings is 1. The number of amides is 1. The van der Waals surface area contributed by atoms with Crippen LogP contribution in [0.25, 0.3) is 0 Å². The molecule has 0 radical (unpaired) electrons. The van der Waals surface area contributed by atoms with E-state index in [9.17, 15) is 26.7 Å². The van der Waals surface area contributed by atoms with E-state index in [2.05, 4.69) is 21.2 Å². The Morgan fingerprint density at radius 2 is 1.74 bits per heavy atom. The van der Waals surface area contributed by atoms with Crippen molar-refractivity contribution in [2.75, 3.05) is 18.4 Å². The Labute approximate surface area is 113 Å². The minimum atomic E-state index is -4.54. The number of alkyl halides is 3. The third kappa shape index (κ3) is 5.41. The van der Waals surface area contributed by atoms with E-state index in [0.717, 1.165) is 12.1 Å². The lowest BCUT2D eigenvalue weighted by Crippen LogP contribution is -2.37. The Morgan fingerprint density at radius 3 is 2.21 bits per heavy atom. The number of nitrogens with one attached hydrogen (secondary N) is 2. The van der Waals surface area contributed by atoms with Gasteiger partial charge in [0.15, 0.2) is 0 Å². The second-order valence-corrected chi connectivity index (χ2v) is 4.41. The largest absolute Gasteiger partial charge is 0.405 e. The Kier molecular flexibility index (Phi) is 5.10. The van der Waals surface area contributed by atoms with Gasteiger partial charge in [0.05, 0.1) is 6.54 Å². The van der Waals surface area contributed by atoms with Gasteiger partial charge >= 0.3 is 6.18 Å². The molecule has 2 N–H and O–H groups in total. The molecular formula is C10H8BrF5N2O. The first-order valence-electron chi connectivity index (χ1n) is 4.91. The molecule has 0 aromatic heterocycles. The van der Waals surface area contributed by atoms with Crippen LogP contribution < -0.4 is 10.6 Å². The molecule has 9 heteroatoms. The summed E-state index contributed by atoms with van der Waals surface area (Å²) in [5.74, 6) is -2.95. The fourth-order valence-corrected chi connectivity index (χ4v) is 1.54. The van der Waals surface area contributed by atoms with Gasteiger partial charge in [0, 0.05) is 4.47 Å². The van der Waals surface area contributed by atoms with Gasteiger partial charge in [-0.25, -0.2) is 8.78 Å². The number of carbonyl (C=O) groups is 1. The predicted octanol–water partition coefficient (Wildman–Crippen LogP) is 2.82. The normalized spacial score (nSPS) is 11.3. The average molecular weight is 347 g/mol. The first-order valence-corrected chi connectivity index (χ1v) is 5.70. The summed E-state index contributed by atoms with van der Waals surface area (Å²) in [6.07, 6.45) is -4.54. The summed E-state index contributed by atoms with van der Waals surface area (Å²) in [7, 11) is 0. The van der Waals surface area contributed by atoms with E-state index in [0.29, 0.717) is 0 Å². The van der Waals surface area contributed by atoms with Crippen molar-refractivity contribution < 1.29 is 26.7 Å². The molecule has 0 aliphatic heterocycles. The van der Waals surface area contributed by atoms with Gasteiger partial charge in [0.2, 0.25) is 5.91 Å². The summed E-state index contributed by atoms with van der Waals surface area (Å²) in [6, 6.07) is 1.91. The van der Waals surface area contributed by atoms with Crippen LogP contribution in [0.2, 0.25) is 0 Å². The van der Waals surface area contributed by atoms with Crippen molar-refractivity contribution in [3.63, 3.8) is 0 Å². The molecule has 0 aliphatic carbocycles. The summed E-state index contributed by atoms with van der Waals surface area (Å²) in [6.45, 7) is -2.18. The highest BCUT2D eigenvalue weighted by atomic mass is 79.9. The zero-order valence-electron chi connectivity index (χ0n) is 9.24. The van der Waals surface area contributed by atoms with Gasteiger partial charge in [0.1, 0.15) is 23.9 Å². The molecule has 1 rings (SSSR count). The van der Waals surface area contributed by atoms with Crippen LogP contribution in [0.3, 0.4) is 0 Å². The van der Waals surface area contributed by atoms with E-state index in [-0.39, 0.29) is 4.47 Å². The Hall–Kier alpha value is -1.38. The molecule has 1 aromatic carbocycles. The monoisotopic (exact) mass is 346 g/mol. The summed E-state index contributed by atoms with van der Waals surface area (Å²) in [5, 5.41) is 3.66. The smallest absolute Gasteiger partial charge is 0.371 e. The van der Waals surface area contributed by atoms with Crippen molar-refractivity contribution in [2.45, 2.75) is 6.18 Å². The van der Waals surface area contributed by atoms with Gasteiger partial charge in [-0.15, -0.1) is 0 Å². The summed E-state index contributed by atoms with van der Waals surface area (Å²) in [5.41, 5.74) is -0.578. The molecule has 0 fully saturated rings. The molecule has 0 heterocycles. The van der Waals surface area contributed by atoms with Crippen LogP contribution in [0.1, 0.15) is 0 Å². The van der Waals surface area contributed by atoms with Crippen LogP contribution in [0.5, 0.6) is 0 Å². The summed E-state index contributed by atoms with van der Waals surface area (Å²) < 4.78 is 62.1. The van der Waals surface area contributed by atoms with Crippen LogP contribution in [0, 0.1) is 11.6 Å². The molecule has 3 nitrogen and oxygen atoms in total. The van der Waals surface area contributed by atoms with Crippen LogP contribution in [0.15, 0.2) is 16.6 Å². The van der Waals surface area contributed by atoms with Gasteiger partial charge in [-0.2, -0.15) is 13.2 Å². The Balaban J connectivity index is 2.56. The van der Waals surface area contributed by atoms with Crippen molar-refractivity contribution in [3.8, 4) is 0 Å². The number of anilines is 1. The standard InChI is InChI=1S/C10H8BrF5N2O/c11-5-1-6(12)9(7(13)2-5)17-3-8(19)18-4-10(14,15)16/h1-2,17H,3-4H2,(H,18,19). The topological polar surface area (TPSA) is 41.1 Å². The average Bonchev–Trinajstić information content (AvgIpc) is 2.23. The van der Waals surface area contributed by atoms with Crippen molar-refractivity contribution in [3.05, 3.63) is 28.2 Å². The van der Waals surface area contributed by atoms with Crippen LogP contribution in [-0.2, 0) is 4.79 Å². The van der Waals surface area contributed by atoms with Crippen molar-refractivity contribution in [1.82, 2.24) is 5.32 Å². The van der Waals surface area contributed by atoms with Crippen molar-refractivity contribution in [1.29, 1.82) is 0 Å². The van der Waals surface area contributed by atoms with E-state index in [1.54, 1.807) is 5.32 Å². The molecule has 0 spiro atoms. The second kappa shape index (κ2) is 6.18. The zero-order valence-corrected chi connectivity index (χ0v) is 10.8. The van der Waals surface area contributed by atoms with E-state index in [1.807, 2.05) is 0 Å². The van der Waals surface area contributed by atoms with Gasteiger partial charge in [0.25, 0.3) is 0 Å². The Bertz CT molecular complexity index is 454. The highest BCUT2D eigenvalue weighted by Gasteiger charge is 2.27. The first kappa shape index (κ1) is 15.7. The minimum Gasteiger partial charge on any atom is -0.371 e. The maximum Gasteiger partial charge on any atom is 0.405 e. The SMILES string of the molecule is O=C(CNc1c(F)cc(Br)cc1F)NCC(F)(F)F. The van der Waals surface area contributed by atoms with E-state index < -0.39 is 42.5 Å². The first-order chi connectivity index (χ1) is 8.69. The van der Waals surface area contributed by atoms with Crippen LogP contribution in [0.4, 0.5) is 27.6 Å². The Morgan fingerprint density at radius 1 is 1.21 bits per heavy atom. The summed E-state index contributed by atoms with van der Waals surface area (Å²) in [4.78, 5) is 11.0. The summed E-state index contributed by atoms with van der Waals surface area (Å²) >= 11 is 2.86. The molecule has 1 aromatic rings. The molecule has 0 saturated carbocycles. The molecule has 0 bridgehead atoms. The van der Waals surface area contributed by atoms with Crippen LogP contribution >= 0.6 is 15.9 Å². The van der Waals surface area contributed by atoms with Gasteiger partial charge in [-0.1, -0.05) is 15.9 Å². The quantitative estimate of drug-likeness (QED) is 0.823. The highest BCUT2D eigenvalue weighted by molar-refractivity contribution is 9.10. The third-order valence-corrected chi connectivity index (χ3v) is 2.38. The second-order valence-electron chi connectivity index (χ2n) is 3.49. The molecule has 1 amide bonds. The molecule has 0 aliphatic rings. The number of hydrogen-bond acceptors (Lipinski definition) is 2. The molecule has 0 unspecified atom stereocenters. The maximum atomic E-state index is 13.3. The van der Waals surface area contributed by atoms with Gasteiger partial charge in [-0.3, -0.25) is 4.79 Å². The lowest BCUT2D eigenvalue weighted by molar-refractivity contribution is -0.137. The molecule has 106 valence electrons. The number of hydrogen-bond donors (Lipinski definition) is 2. The van der Waals surface area contributed by atoms with Crippen molar-refractivity contribution in [2.24, 2.45) is 0 Å².